The molecule has 0 heterocycles. The largest absolute Gasteiger partial charge is 0.394 e. The highest BCUT2D eigenvalue weighted by molar-refractivity contribution is 4.78. The highest BCUT2D eigenvalue weighted by Gasteiger charge is 2.26. The molecular formula is C30H66N4O8. The van der Waals surface area contributed by atoms with E-state index in [2.05, 4.69) is 18.7 Å². The van der Waals surface area contributed by atoms with Crippen LogP contribution in [0.25, 0.3) is 0 Å². The highest BCUT2D eigenvalue weighted by Crippen LogP contribution is 2.17. The second-order valence-electron chi connectivity index (χ2n) is 10.8. The predicted octanol–water partition coefficient (Wildman–Crippen LogP) is 2.18. The maximum atomic E-state index is 10.7. The quantitative estimate of drug-likeness (QED) is 0.0544. The molecule has 0 amide bonds. The lowest BCUT2D eigenvalue weighted by atomic mass is 10.0. The van der Waals surface area contributed by atoms with Gasteiger partial charge in [-0.25, -0.2) is 0 Å². The van der Waals surface area contributed by atoms with E-state index < -0.39 is 18.4 Å². The van der Waals surface area contributed by atoms with Gasteiger partial charge in [-0.2, -0.15) is 0 Å². The summed E-state index contributed by atoms with van der Waals surface area (Å²) in [5, 5.41) is 31.0. The van der Waals surface area contributed by atoms with Crippen molar-refractivity contribution in [1.29, 1.82) is 0 Å². The first-order chi connectivity index (χ1) is 20.5. The summed E-state index contributed by atoms with van der Waals surface area (Å²) in [6.07, 6.45) is 7.73. The Bertz CT molecular complexity index is 553. The Morgan fingerprint density at radius 3 is 1.64 bits per heavy atom. The summed E-state index contributed by atoms with van der Waals surface area (Å²) in [5.74, 6) is 0. The Morgan fingerprint density at radius 1 is 0.643 bits per heavy atom. The fourth-order valence-corrected chi connectivity index (χ4v) is 4.60. The molecule has 0 aromatic carbocycles. The molecule has 12 heteroatoms. The molecule has 4 atom stereocenters. The Balaban J connectivity index is 5.03. The maximum Gasteiger partial charge on any atom is 0.138 e. The zero-order valence-electron chi connectivity index (χ0n) is 27.0. The SMILES string of the molecule is CCCCOCN(CCCCOCN)C(CCCCOC(C(C)O)N(CCCCOCN)COCCCC)C(O)CO. The number of unbranched alkanes of at least 4 members (excludes halogenated alkanes) is 5. The molecule has 0 aromatic rings. The Morgan fingerprint density at radius 2 is 1.14 bits per heavy atom. The molecule has 0 radical (unpaired) electrons. The fraction of sp³-hybridized carbons (Fsp3) is 1.00. The first-order valence-electron chi connectivity index (χ1n) is 16.2. The van der Waals surface area contributed by atoms with Gasteiger partial charge in [-0.1, -0.05) is 26.7 Å². The van der Waals surface area contributed by atoms with E-state index in [9.17, 15) is 15.3 Å². The number of aliphatic hydroxyl groups is 3. The number of ether oxygens (including phenoxy) is 5. The van der Waals surface area contributed by atoms with Crippen molar-refractivity contribution in [3.05, 3.63) is 0 Å². The van der Waals surface area contributed by atoms with Gasteiger partial charge in [-0.05, 0) is 64.7 Å². The van der Waals surface area contributed by atoms with Gasteiger partial charge in [-0.15, -0.1) is 0 Å². The van der Waals surface area contributed by atoms with Gasteiger partial charge in [0.05, 0.1) is 39.0 Å². The third-order valence-electron chi connectivity index (χ3n) is 7.06. The molecule has 7 N–H and O–H groups in total. The second-order valence-corrected chi connectivity index (χ2v) is 10.8. The number of nitrogens with zero attached hydrogens (tertiary/aromatic N) is 2. The van der Waals surface area contributed by atoms with Crippen LogP contribution in [0.4, 0.5) is 0 Å². The summed E-state index contributed by atoms with van der Waals surface area (Å²) in [6, 6.07) is -0.237. The third-order valence-corrected chi connectivity index (χ3v) is 7.06. The van der Waals surface area contributed by atoms with Gasteiger partial charge in [0.1, 0.15) is 13.0 Å². The molecule has 0 aliphatic rings. The van der Waals surface area contributed by atoms with Crippen molar-refractivity contribution in [2.75, 3.05) is 79.7 Å². The lowest BCUT2D eigenvalue weighted by Gasteiger charge is -2.35. The summed E-state index contributed by atoms with van der Waals surface area (Å²) in [6.45, 7) is 11.3. The van der Waals surface area contributed by atoms with Gasteiger partial charge in [0.25, 0.3) is 0 Å². The van der Waals surface area contributed by atoms with Crippen molar-refractivity contribution in [2.45, 2.75) is 116 Å². The van der Waals surface area contributed by atoms with Gasteiger partial charge >= 0.3 is 0 Å². The van der Waals surface area contributed by atoms with Crippen LogP contribution in [0.15, 0.2) is 0 Å². The van der Waals surface area contributed by atoms with Crippen molar-refractivity contribution in [2.24, 2.45) is 11.5 Å². The van der Waals surface area contributed by atoms with Gasteiger partial charge < -0.3 is 50.5 Å². The average molecular weight is 611 g/mol. The van der Waals surface area contributed by atoms with Crippen LogP contribution in [0, 0.1) is 0 Å². The van der Waals surface area contributed by atoms with Gasteiger partial charge in [0.15, 0.2) is 0 Å². The van der Waals surface area contributed by atoms with Crippen molar-refractivity contribution >= 4 is 0 Å². The Labute approximate surface area is 255 Å². The van der Waals surface area contributed by atoms with Crippen molar-refractivity contribution in [3.63, 3.8) is 0 Å². The molecule has 0 bridgehead atoms. The molecule has 4 unspecified atom stereocenters. The summed E-state index contributed by atoms with van der Waals surface area (Å²) >= 11 is 0. The molecule has 0 aliphatic heterocycles. The molecule has 254 valence electrons. The number of hydrogen-bond donors (Lipinski definition) is 5. The van der Waals surface area contributed by atoms with Gasteiger partial charge in [0, 0.05) is 52.2 Å². The first kappa shape index (κ1) is 41.5. The first-order valence-corrected chi connectivity index (χ1v) is 16.2. The van der Waals surface area contributed by atoms with Crippen molar-refractivity contribution < 1.29 is 39.0 Å². The summed E-state index contributed by atoms with van der Waals surface area (Å²) in [4.78, 5) is 4.17. The van der Waals surface area contributed by atoms with E-state index in [0.29, 0.717) is 59.5 Å². The topological polar surface area (TPSA) is 165 Å². The Hall–Kier alpha value is -0.480. The smallest absolute Gasteiger partial charge is 0.138 e. The number of hydrogen-bond acceptors (Lipinski definition) is 12. The second kappa shape index (κ2) is 30.5. The van der Waals surface area contributed by atoms with E-state index in [1.807, 2.05) is 4.90 Å². The lowest BCUT2D eigenvalue weighted by molar-refractivity contribution is -0.152. The molecule has 0 saturated carbocycles. The van der Waals surface area contributed by atoms with Crippen LogP contribution < -0.4 is 11.5 Å². The number of nitrogens with two attached hydrogens (primary N) is 2. The summed E-state index contributed by atoms with van der Waals surface area (Å²) in [7, 11) is 0. The monoisotopic (exact) mass is 610 g/mol. The van der Waals surface area contributed by atoms with Crippen LogP contribution >= 0.6 is 0 Å². The van der Waals surface area contributed by atoms with Crippen LogP contribution in [0.3, 0.4) is 0 Å². The van der Waals surface area contributed by atoms with E-state index in [1.165, 1.54) is 0 Å². The predicted molar refractivity (Wildman–Crippen MR) is 165 cm³/mol. The normalized spacial score (nSPS) is 15.0. The minimum atomic E-state index is -0.870. The third kappa shape index (κ3) is 22.1. The maximum absolute atomic E-state index is 10.7. The molecular weight excluding hydrogens is 544 g/mol. The standard InChI is InChI=1S/C30H66N4O8/c1-4-6-17-40-25-33(15-9-12-19-38-23-31)28(29(37)22-35)14-8-11-21-42-30(27(3)36)34(26-41-18-7-5-2)16-10-13-20-39-24-32/h27-30,35-37H,4-26,31-32H2,1-3H3. The molecule has 12 nitrogen and oxygen atoms in total. The van der Waals surface area contributed by atoms with Crippen LogP contribution in [-0.4, -0.2) is 129 Å². The summed E-state index contributed by atoms with van der Waals surface area (Å²) < 4.78 is 28.5. The van der Waals surface area contributed by atoms with Crippen LogP contribution in [0.5, 0.6) is 0 Å². The van der Waals surface area contributed by atoms with Crippen LogP contribution in [-0.2, 0) is 23.7 Å². The van der Waals surface area contributed by atoms with E-state index in [0.717, 1.165) is 70.8 Å². The summed E-state index contributed by atoms with van der Waals surface area (Å²) in [5.41, 5.74) is 10.8. The zero-order chi connectivity index (χ0) is 31.3. The molecule has 0 saturated heterocycles. The molecule has 0 spiro atoms. The highest BCUT2D eigenvalue weighted by atomic mass is 16.5. The van der Waals surface area contributed by atoms with Crippen LogP contribution in [0.2, 0.25) is 0 Å². The zero-order valence-corrected chi connectivity index (χ0v) is 27.0. The van der Waals surface area contributed by atoms with Crippen molar-refractivity contribution in [3.8, 4) is 0 Å². The van der Waals surface area contributed by atoms with E-state index >= 15 is 0 Å². The molecule has 42 heavy (non-hydrogen) atoms. The molecule has 0 fully saturated rings. The van der Waals surface area contributed by atoms with E-state index in [4.69, 9.17) is 35.2 Å². The number of rotatable bonds is 33. The minimum Gasteiger partial charge on any atom is -0.394 e. The average Bonchev–Trinajstić information content (AvgIpc) is 2.98. The molecule has 0 aromatic heterocycles. The lowest BCUT2D eigenvalue weighted by Crippen LogP contribution is -2.47. The number of aliphatic hydroxyl groups excluding tert-OH is 3. The molecule has 0 rings (SSSR count). The van der Waals surface area contributed by atoms with E-state index in [1.54, 1.807) is 6.92 Å². The van der Waals surface area contributed by atoms with Crippen molar-refractivity contribution in [1.82, 2.24) is 9.80 Å². The van der Waals surface area contributed by atoms with Gasteiger partial charge in [-0.3, -0.25) is 9.80 Å². The van der Waals surface area contributed by atoms with Gasteiger partial charge in [0.2, 0.25) is 0 Å². The molecule has 0 aliphatic carbocycles. The van der Waals surface area contributed by atoms with E-state index in [-0.39, 0.29) is 26.1 Å². The van der Waals surface area contributed by atoms with Crippen LogP contribution in [0.1, 0.15) is 91.4 Å². The minimum absolute atomic E-state index is 0.209. The Kier molecular flexibility index (Phi) is 30.2. The fourth-order valence-electron chi connectivity index (χ4n) is 4.60.